The molecule has 0 aliphatic rings. The van der Waals surface area contributed by atoms with E-state index in [4.69, 9.17) is 4.74 Å². The Bertz CT molecular complexity index is 945. The number of nitrogens with zero attached hydrogens (tertiary/aromatic N) is 5. The van der Waals surface area contributed by atoms with Crippen LogP contribution >= 0.6 is 0 Å². The topological polar surface area (TPSA) is 104 Å². The highest BCUT2D eigenvalue weighted by molar-refractivity contribution is 5.94. The third-order valence-electron chi connectivity index (χ3n) is 3.57. The van der Waals surface area contributed by atoms with Crippen molar-refractivity contribution in [2.24, 2.45) is 7.05 Å². The summed E-state index contributed by atoms with van der Waals surface area (Å²) in [7, 11) is 1.71. The van der Waals surface area contributed by atoms with Crippen LogP contribution in [0.1, 0.15) is 21.9 Å². The highest BCUT2D eigenvalue weighted by Gasteiger charge is 2.19. The number of carbonyl (C=O) groups excluding carboxylic acids is 2. The van der Waals surface area contributed by atoms with Gasteiger partial charge in [0.1, 0.15) is 5.82 Å². The SMILES string of the molecule is Cc1cc(NC(=O)COC(=O)c2nn(-c3ccccc3)nc2C)n(C)n1. The average Bonchev–Trinajstić information content (AvgIpc) is 3.15. The molecule has 9 nitrogen and oxygen atoms in total. The first kappa shape index (κ1) is 17.3. The number of rotatable bonds is 5. The molecule has 3 rings (SSSR count). The summed E-state index contributed by atoms with van der Waals surface area (Å²) in [6, 6.07) is 10.9. The monoisotopic (exact) mass is 354 g/mol. The second-order valence-electron chi connectivity index (χ2n) is 5.68. The van der Waals surface area contributed by atoms with Crippen molar-refractivity contribution in [2.45, 2.75) is 13.8 Å². The number of nitrogens with one attached hydrogen (secondary N) is 1. The Balaban J connectivity index is 1.62. The first-order valence-corrected chi connectivity index (χ1v) is 7.91. The van der Waals surface area contributed by atoms with Gasteiger partial charge < -0.3 is 10.1 Å². The second-order valence-corrected chi connectivity index (χ2v) is 5.68. The van der Waals surface area contributed by atoms with E-state index in [0.29, 0.717) is 11.5 Å². The minimum Gasteiger partial charge on any atom is -0.451 e. The summed E-state index contributed by atoms with van der Waals surface area (Å²) < 4.78 is 6.57. The minimum atomic E-state index is -0.707. The number of hydrogen-bond donors (Lipinski definition) is 1. The van der Waals surface area contributed by atoms with Gasteiger partial charge in [0.05, 0.1) is 17.1 Å². The van der Waals surface area contributed by atoms with Crippen molar-refractivity contribution in [3.05, 3.63) is 53.5 Å². The van der Waals surface area contributed by atoms with Gasteiger partial charge in [0.15, 0.2) is 12.3 Å². The summed E-state index contributed by atoms with van der Waals surface area (Å²) in [5.74, 6) is -0.648. The molecule has 1 aromatic carbocycles. The number of aromatic nitrogens is 5. The summed E-state index contributed by atoms with van der Waals surface area (Å²) in [4.78, 5) is 25.5. The van der Waals surface area contributed by atoms with Crippen molar-refractivity contribution in [2.75, 3.05) is 11.9 Å². The van der Waals surface area contributed by atoms with E-state index >= 15 is 0 Å². The van der Waals surface area contributed by atoms with Gasteiger partial charge in [-0.05, 0) is 26.0 Å². The number of amides is 1. The predicted molar refractivity (Wildman–Crippen MR) is 93.0 cm³/mol. The Labute approximate surface area is 149 Å². The van der Waals surface area contributed by atoms with Crippen LogP contribution in [0.5, 0.6) is 0 Å². The van der Waals surface area contributed by atoms with Crippen molar-refractivity contribution < 1.29 is 14.3 Å². The molecule has 0 saturated carbocycles. The lowest BCUT2D eigenvalue weighted by atomic mass is 10.3. The van der Waals surface area contributed by atoms with Crippen LogP contribution in [0.25, 0.3) is 5.69 Å². The number of hydrogen-bond acceptors (Lipinski definition) is 6. The summed E-state index contributed by atoms with van der Waals surface area (Å²) in [5.41, 5.74) is 1.98. The fraction of sp³-hybridized carbons (Fsp3) is 0.235. The number of ether oxygens (including phenoxy) is 1. The summed E-state index contributed by atoms with van der Waals surface area (Å²) in [6.07, 6.45) is 0. The molecule has 9 heteroatoms. The molecule has 0 fully saturated rings. The summed E-state index contributed by atoms with van der Waals surface area (Å²) in [5, 5.41) is 15.1. The lowest BCUT2D eigenvalue weighted by Gasteiger charge is -2.05. The van der Waals surface area contributed by atoms with Crippen LogP contribution in [-0.2, 0) is 16.6 Å². The van der Waals surface area contributed by atoms with E-state index in [1.165, 1.54) is 9.48 Å². The normalized spacial score (nSPS) is 10.6. The molecule has 0 unspecified atom stereocenters. The van der Waals surface area contributed by atoms with E-state index in [1.807, 2.05) is 37.3 Å². The van der Waals surface area contributed by atoms with Crippen molar-refractivity contribution in [1.29, 1.82) is 0 Å². The van der Waals surface area contributed by atoms with E-state index < -0.39 is 18.5 Å². The molecule has 0 spiro atoms. The minimum absolute atomic E-state index is 0.0676. The molecule has 3 aromatic rings. The van der Waals surface area contributed by atoms with Crippen LogP contribution in [0.3, 0.4) is 0 Å². The van der Waals surface area contributed by atoms with Gasteiger partial charge in [0, 0.05) is 13.1 Å². The van der Waals surface area contributed by atoms with Gasteiger partial charge in [-0.25, -0.2) is 4.79 Å². The number of benzene rings is 1. The van der Waals surface area contributed by atoms with Gasteiger partial charge in [-0.3, -0.25) is 9.48 Å². The van der Waals surface area contributed by atoms with E-state index in [-0.39, 0.29) is 5.69 Å². The van der Waals surface area contributed by atoms with Crippen molar-refractivity contribution in [1.82, 2.24) is 24.8 Å². The predicted octanol–water partition coefficient (Wildman–Crippen LogP) is 1.41. The molecule has 0 radical (unpaired) electrons. The van der Waals surface area contributed by atoms with E-state index in [2.05, 4.69) is 20.6 Å². The Morgan fingerprint density at radius 2 is 1.85 bits per heavy atom. The third kappa shape index (κ3) is 3.77. The fourth-order valence-electron chi connectivity index (χ4n) is 2.35. The largest absolute Gasteiger partial charge is 0.451 e. The first-order valence-electron chi connectivity index (χ1n) is 7.91. The number of esters is 1. The van der Waals surface area contributed by atoms with E-state index in [9.17, 15) is 9.59 Å². The number of para-hydroxylation sites is 1. The molecule has 0 aliphatic carbocycles. The highest BCUT2D eigenvalue weighted by atomic mass is 16.5. The summed E-state index contributed by atoms with van der Waals surface area (Å²) >= 11 is 0. The molecule has 2 heterocycles. The maximum Gasteiger partial charge on any atom is 0.361 e. The third-order valence-corrected chi connectivity index (χ3v) is 3.57. The van der Waals surface area contributed by atoms with Crippen molar-refractivity contribution in [3.8, 4) is 5.69 Å². The zero-order valence-corrected chi connectivity index (χ0v) is 14.6. The maximum absolute atomic E-state index is 12.2. The Morgan fingerprint density at radius 3 is 2.50 bits per heavy atom. The summed E-state index contributed by atoms with van der Waals surface area (Å²) in [6.45, 7) is 3.04. The van der Waals surface area contributed by atoms with Crippen LogP contribution in [0.2, 0.25) is 0 Å². The molecule has 0 saturated heterocycles. The molecule has 1 amide bonds. The quantitative estimate of drug-likeness (QED) is 0.695. The first-order chi connectivity index (χ1) is 12.4. The number of carbonyl (C=O) groups is 2. The van der Waals surface area contributed by atoms with Crippen LogP contribution in [0, 0.1) is 13.8 Å². The fourth-order valence-corrected chi connectivity index (χ4v) is 2.35. The number of anilines is 1. The lowest BCUT2D eigenvalue weighted by molar-refractivity contribution is -0.119. The highest BCUT2D eigenvalue weighted by Crippen LogP contribution is 2.10. The molecular weight excluding hydrogens is 336 g/mol. The molecule has 134 valence electrons. The van der Waals surface area contributed by atoms with Gasteiger partial charge in [-0.1, -0.05) is 18.2 Å². The molecule has 0 atom stereocenters. The molecule has 2 aromatic heterocycles. The average molecular weight is 354 g/mol. The molecule has 26 heavy (non-hydrogen) atoms. The Hall–Kier alpha value is -3.49. The molecule has 1 N–H and O–H groups in total. The van der Waals surface area contributed by atoms with Crippen molar-refractivity contribution >= 4 is 17.7 Å². The van der Waals surface area contributed by atoms with Crippen LogP contribution in [0.4, 0.5) is 5.82 Å². The smallest absolute Gasteiger partial charge is 0.361 e. The zero-order chi connectivity index (χ0) is 18.7. The van der Waals surface area contributed by atoms with E-state index in [0.717, 1.165) is 11.4 Å². The lowest BCUT2D eigenvalue weighted by Crippen LogP contribution is -2.22. The van der Waals surface area contributed by atoms with Gasteiger partial charge in [0.25, 0.3) is 5.91 Å². The van der Waals surface area contributed by atoms with Crippen LogP contribution in [0.15, 0.2) is 36.4 Å². The van der Waals surface area contributed by atoms with Crippen LogP contribution < -0.4 is 5.32 Å². The van der Waals surface area contributed by atoms with E-state index in [1.54, 1.807) is 20.0 Å². The van der Waals surface area contributed by atoms with Crippen molar-refractivity contribution in [3.63, 3.8) is 0 Å². The van der Waals surface area contributed by atoms with Gasteiger partial charge in [-0.15, -0.1) is 5.10 Å². The molecular formula is C17H18N6O3. The van der Waals surface area contributed by atoms with Gasteiger partial charge >= 0.3 is 5.97 Å². The van der Waals surface area contributed by atoms with Gasteiger partial charge in [0.2, 0.25) is 0 Å². The zero-order valence-electron chi connectivity index (χ0n) is 14.6. The standard InChI is InChI=1S/C17H18N6O3/c1-11-9-14(22(3)19-11)18-15(24)10-26-17(25)16-12(2)20-23(21-16)13-7-5-4-6-8-13/h4-9H,10H2,1-3H3,(H,18,24). The van der Waals surface area contributed by atoms with Gasteiger partial charge in [-0.2, -0.15) is 15.0 Å². The number of aryl methyl sites for hydroxylation is 3. The second kappa shape index (κ2) is 7.18. The van der Waals surface area contributed by atoms with Crippen LogP contribution in [-0.4, -0.2) is 43.3 Å². The Morgan fingerprint density at radius 1 is 1.12 bits per heavy atom. The molecule has 0 aliphatic heterocycles. The maximum atomic E-state index is 12.2. The molecule has 0 bridgehead atoms. The Kier molecular flexibility index (Phi) is 4.78.